The molecular formula is C14H20N2O4. The van der Waals surface area contributed by atoms with Gasteiger partial charge in [-0.25, -0.2) is 4.79 Å². The number of amides is 1. The van der Waals surface area contributed by atoms with Crippen molar-refractivity contribution < 1.29 is 20.1 Å². The van der Waals surface area contributed by atoms with Gasteiger partial charge in [0.15, 0.2) is 0 Å². The molecule has 110 valence electrons. The first kappa shape index (κ1) is 14.8. The van der Waals surface area contributed by atoms with Crippen LogP contribution in [0.15, 0.2) is 24.3 Å². The summed E-state index contributed by atoms with van der Waals surface area (Å²) in [6.45, 7) is 1.98. The molecule has 3 N–H and O–H groups in total. The second kappa shape index (κ2) is 6.21. The number of aliphatic hydroxyl groups is 2. The Morgan fingerprint density at radius 3 is 2.20 bits per heavy atom. The lowest BCUT2D eigenvalue weighted by Gasteiger charge is -2.16. The molecule has 0 spiro atoms. The van der Waals surface area contributed by atoms with Gasteiger partial charge in [-0.2, -0.15) is 0 Å². The van der Waals surface area contributed by atoms with Gasteiger partial charge in [-0.1, -0.05) is 24.3 Å². The number of carbonyl (C=O) groups is 1. The minimum Gasteiger partial charge on any atom is -0.465 e. The predicted molar refractivity (Wildman–Crippen MR) is 73.2 cm³/mol. The molecule has 0 aromatic heterocycles. The molecule has 0 bridgehead atoms. The van der Waals surface area contributed by atoms with Gasteiger partial charge in [-0.15, -0.1) is 0 Å². The lowest BCUT2D eigenvalue weighted by Crippen LogP contribution is -2.24. The van der Waals surface area contributed by atoms with Crippen LogP contribution in [0.3, 0.4) is 0 Å². The van der Waals surface area contributed by atoms with Crippen LogP contribution in [-0.2, 0) is 13.1 Å². The van der Waals surface area contributed by atoms with Crippen LogP contribution in [0.4, 0.5) is 4.79 Å². The molecule has 1 aromatic rings. The topological polar surface area (TPSA) is 84.2 Å². The van der Waals surface area contributed by atoms with E-state index in [0.717, 1.165) is 11.1 Å². The van der Waals surface area contributed by atoms with Gasteiger partial charge < -0.3 is 20.2 Å². The average Bonchev–Trinajstić information content (AvgIpc) is 2.70. The van der Waals surface area contributed by atoms with Crippen LogP contribution in [0.1, 0.15) is 11.1 Å². The molecule has 1 aliphatic rings. The number of β-amino-alcohol motifs (C(OH)–C–C–N with tert-alkyl or cyclic N) is 2. The smallest absolute Gasteiger partial charge is 0.407 e. The third-order valence-corrected chi connectivity index (χ3v) is 3.51. The Bertz CT molecular complexity index is 453. The molecule has 1 saturated heterocycles. The quantitative estimate of drug-likeness (QED) is 0.740. The summed E-state index contributed by atoms with van der Waals surface area (Å²) in [6.07, 6.45) is -2.29. The molecule has 0 aliphatic carbocycles. The largest absolute Gasteiger partial charge is 0.465 e. The van der Waals surface area contributed by atoms with Crippen molar-refractivity contribution in [3.8, 4) is 0 Å². The van der Waals surface area contributed by atoms with Gasteiger partial charge in [0.25, 0.3) is 0 Å². The van der Waals surface area contributed by atoms with E-state index >= 15 is 0 Å². The fraction of sp³-hybridized carbons (Fsp3) is 0.500. The number of aliphatic hydroxyl groups excluding tert-OH is 2. The van der Waals surface area contributed by atoms with Crippen molar-refractivity contribution in [2.24, 2.45) is 0 Å². The zero-order valence-electron chi connectivity index (χ0n) is 11.4. The van der Waals surface area contributed by atoms with E-state index in [1.165, 1.54) is 11.9 Å². The van der Waals surface area contributed by atoms with Crippen LogP contribution in [0.25, 0.3) is 0 Å². The third-order valence-electron chi connectivity index (χ3n) is 3.51. The van der Waals surface area contributed by atoms with E-state index in [-0.39, 0.29) is 0 Å². The minimum atomic E-state index is -0.950. The highest BCUT2D eigenvalue weighted by atomic mass is 16.4. The van der Waals surface area contributed by atoms with Crippen LogP contribution >= 0.6 is 0 Å². The molecule has 20 heavy (non-hydrogen) atoms. The van der Waals surface area contributed by atoms with Crippen molar-refractivity contribution in [1.82, 2.24) is 9.80 Å². The molecule has 1 heterocycles. The molecule has 0 saturated carbocycles. The predicted octanol–water partition coefficient (Wildman–Crippen LogP) is 0.334. The van der Waals surface area contributed by atoms with Gasteiger partial charge in [0.05, 0.1) is 12.2 Å². The normalized spacial score (nSPS) is 22.9. The first-order valence-corrected chi connectivity index (χ1v) is 6.56. The lowest BCUT2D eigenvalue weighted by molar-refractivity contribution is 0.0572. The minimum absolute atomic E-state index is 0.358. The Hall–Kier alpha value is -1.63. The third kappa shape index (κ3) is 3.69. The van der Waals surface area contributed by atoms with Crippen LogP contribution in [-0.4, -0.2) is 63.6 Å². The van der Waals surface area contributed by atoms with Crippen molar-refractivity contribution in [1.29, 1.82) is 0 Å². The van der Waals surface area contributed by atoms with Crippen LogP contribution in [0.5, 0.6) is 0 Å². The van der Waals surface area contributed by atoms with E-state index in [2.05, 4.69) is 0 Å². The van der Waals surface area contributed by atoms with Crippen molar-refractivity contribution in [2.75, 3.05) is 20.1 Å². The number of rotatable bonds is 4. The SMILES string of the molecule is CN(Cc1ccc(CN2CC(O)C(O)C2)cc1)C(=O)O. The molecular weight excluding hydrogens is 260 g/mol. The lowest BCUT2D eigenvalue weighted by atomic mass is 10.1. The van der Waals surface area contributed by atoms with E-state index in [9.17, 15) is 15.0 Å². The standard InChI is InChI=1S/C14H20N2O4/c1-15(14(19)20)6-10-2-4-11(5-3-10)7-16-8-12(17)13(18)9-16/h2-5,12-13,17-18H,6-9H2,1H3,(H,19,20). The van der Waals surface area contributed by atoms with E-state index in [4.69, 9.17) is 5.11 Å². The first-order chi connectivity index (χ1) is 9.45. The van der Waals surface area contributed by atoms with Crippen molar-refractivity contribution in [3.63, 3.8) is 0 Å². The summed E-state index contributed by atoms with van der Waals surface area (Å²) in [6, 6.07) is 7.69. The summed E-state index contributed by atoms with van der Waals surface area (Å²) in [5, 5.41) is 27.8. The Morgan fingerprint density at radius 1 is 1.20 bits per heavy atom. The highest BCUT2D eigenvalue weighted by molar-refractivity contribution is 5.64. The second-order valence-corrected chi connectivity index (χ2v) is 5.28. The number of nitrogens with zero attached hydrogens (tertiary/aromatic N) is 2. The molecule has 2 atom stereocenters. The Labute approximate surface area is 117 Å². The van der Waals surface area contributed by atoms with Crippen molar-refractivity contribution >= 4 is 6.09 Å². The van der Waals surface area contributed by atoms with Gasteiger partial charge in [0.1, 0.15) is 0 Å². The Kier molecular flexibility index (Phi) is 4.59. The molecule has 6 nitrogen and oxygen atoms in total. The maximum absolute atomic E-state index is 10.7. The molecule has 1 aromatic carbocycles. The molecule has 1 aliphatic heterocycles. The van der Waals surface area contributed by atoms with Gasteiger partial charge in [0, 0.05) is 33.2 Å². The van der Waals surface area contributed by atoms with Crippen LogP contribution in [0, 0.1) is 0 Å². The average molecular weight is 280 g/mol. The molecule has 1 amide bonds. The summed E-state index contributed by atoms with van der Waals surface area (Å²) in [4.78, 5) is 14.0. The van der Waals surface area contributed by atoms with E-state index < -0.39 is 18.3 Å². The summed E-state index contributed by atoms with van der Waals surface area (Å²) < 4.78 is 0. The molecule has 6 heteroatoms. The maximum Gasteiger partial charge on any atom is 0.407 e. The van der Waals surface area contributed by atoms with Gasteiger partial charge in [-0.05, 0) is 11.1 Å². The van der Waals surface area contributed by atoms with Gasteiger partial charge in [0.2, 0.25) is 0 Å². The second-order valence-electron chi connectivity index (χ2n) is 5.28. The van der Waals surface area contributed by atoms with Crippen LogP contribution < -0.4 is 0 Å². The number of hydrogen-bond donors (Lipinski definition) is 3. The zero-order valence-corrected chi connectivity index (χ0v) is 11.4. The van der Waals surface area contributed by atoms with Gasteiger partial charge in [-0.3, -0.25) is 4.90 Å². The number of likely N-dealkylation sites (tertiary alicyclic amines) is 1. The summed E-state index contributed by atoms with van der Waals surface area (Å²) in [5.41, 5.74) is 2.01. The molecule has 2 unspecified atom stereocenters. The number of carboxylic acid groups (broad SMARTS) is 1. The summed E-state index contributed by atoms with van der Waals surface area (Å²) in [7, 11) is 1.53. The summed E-state index contributed by atoms with van der Waals surface area (Å²) >= 11 is 0. The fourth-order valence-corrected chi connectivity index (χ4v) is 2.33. The molecule has 1 fully saturated rings. The Balaban J connectivity index is 1.90. The Morgan fingerprint density at radius 2 is 1.70 bits per heavy atom. The molecule has 0 radical (unpaired) electrons. The van der Waals surface area contributed by atoms with Crippen LogP contribution in [0.2, 0.25) is 0 Å². The van der Waals surface area contributed by atoms with E-state index in [1.54, 1.807) is 0 Å². The highest BCUT2D eigenvalue weighted by Crippen LogP contribution is 2.15. The number of hydrogen-bond acceptors (Lipinski definition) is 4. The van der Waals surface area contributed by atoms with E-state index in [0.29, 0.717) is 26.2 Å². The maximum atomic E-state index is 10.7. The number of benzene rings is 1. The monoisotopic (exact) mass is 280 g/mol. The fourth-order valence-electron chi connectivity index (χ4n) is 2.33. The van der Waals surface area contributed by atoms with Crippen molar-refractivity contribution in [3.05, 3.63) is 35.4 Å². The van der Waals surface area contributed by atoms with Crippen molar-refractivity contribution in [2.45, 2.75) is 25.3 Å². The molecule has 2 rings (SSSR count). The highest BCUT2D eigenvalue weighted by Gasteiger charge is 2.29. The summed E-state index contributed by atoms with van der Waals surface area (Å²) in [5.74, 6) is 0. The zero-order chi connectivity index (χ0) is 14.7. The first-order valence-electron chi connectivity index (χ1n) is 6.56. The van der Waals surface area contributed by atoms with Gasteiger partial charge >= 0.3 is 6.09 Å². The van der Waals surface area contributed by atoms with E-state index in [1.807, 2.05) is 29.2 Å².